The van der Waals surface area contributed by atoms with E-state index in [1.807, 2.05) is 11.4 Å². The maximum atomic E-state index is 12.2. The Bertz CT molecular complexity index is 1060. The summed E-state index contributed by atoms with van der Waals surface area (Å²) < 4.78 is 10.2. The highest BCUT2D eigenvalue weighted by Gasteiger charge is 2.20. The fourth-order valence-corrected chi connectivity index (χ4v) is 3.92. The molecule has 0 saturated heterocycles. The van der Waals surface area contributed by atoms with Gasteiger partial charge >= 0.3 is 5.88 Å². The summed E-state index contributed by atoms with van der Waals surface area (Å²) in [6.45, 7) is 2.41. The average Bonchev–Trinajstić information content (AvgIpc) is 3.37. The van der Waals surface area contributed by atoms with Gasteiger partial charge in [0.15, 0.2) is 10.9 Å². The van der Waals surface area contributed by atoms with E-state index < -0.39 is 16.7 Å². The van der Waals surface area contributed by atoms with Crippen LogP contribution in [0.4, 0.5) is 11.0 Å². The fourth-order valence-electron chi connectivity index (χ4n) is 3.22. The molecule has 1 aliphatic heterocycles. The number of hydrogen-bond donors (Lipinski definition) is 1. The summed E-state index contributed by atoms with van der Waals surface area (Å²) in [5.41, 5.74) is 3.44. The number of hydrogen-bond acceptors (Lipinski definition) is 8. The Hall–Kier alpha value is -3.24. The van der Waals surface area contributed by atoms with Crippen LogP contribution in [0.1, 0.15) is 27.4 Å². The molecule has 0 fully saturated rings. The number of nitrogens with one attached hydrogen (secondary N) is 1. The second-order valence-electron chi connectivity index (χ2n) is 6.59. The SMILES string of the molecule is COc1ccc2c(c1)CCN(Cc1csc(NC(=O)c3ccc([N+](=O)[O-])o3)n1)C2. The maximum absolute atomic E-state index is 12.2. The molecule has 0 saturated carbocycles. The van der Waals surface area contributed by atoms with Gasteiger partial charge in [0.1, 0.15) is 10.7 Å². The Kier molecular flexibility index (Phi) is 5.28. The summed E-state index contributed by atoms with van der Waals surface area (Å²) in [6.07, 6.45) is 0.942. The minimum absolute atomic E-state index is 0.128. The lowest BCUT2D eigenvalue weighted by Crippen LogP contribution is -2.30. The molecule has 3 aromatic rings. The highest BCUT2D eigenvalue weighted by atomic mass is 32.1. The van der Waals surface area contributed by atoms with Crippen LogP contribution in [0.3, 0.4) is 0 Å². The van der Waals surface area contributed by atoms with Crippen molar-refractivity contribution in [1.82, 2.24) is 9.88 Å². The van der Waals surface area contributed by atoms with Crippen LogP contribution in [-0.2, 0) is 19.5 Å². The van der Waals surface area contributed by atoms with Crippen molar-refractivity contribution in [1.29, 1.82) is 0 Å². The van der Waals surface area contributed by atoms with E-state index in [0.717, 1.165) is 37.0 Å². The summed E-state index contributed by atoms with van der Waals surface area (Å²) >= 11 is 1.30. The summed E-state index contributed by atoms with van der Waals surface area (Å²) in [5.74, 6) is -0.298. The molecule has 4 rings (SSSR count). The largest absolute Gasteiger partial charge is 0.497 e. The Balaban J connectivity index is 1.36. The van der Waals surface area contributed by atoms with Crippen molar-refractivity contribution in [2.75, 3.05) is 19.0 Å². The van der Waals surface area contributed by atoms with Crippen molar-refractivity contribution in [2.24, 2.45) is 0 Å². The number of aromatic nitrogens is 1. The number of carbonyl (C=O) groups excluding carboxylic acids is 1. The van der Waals surface area contributed by atoms with Crippen molar-refractivity contribution in [3.05, 3.63) is 68.4 Å². The lowest BCUT2D eigenvalue weighted by Gasteiger charge is -2.28. The van der Waals surface area contributed by atoms with Crippen molar-refractivity contribution in [2.45, 2.75) is 19.5 Å². The lowest BCUT2D eigenvalue weighted by molar-refractivity contribution is -0.402. The second kappa shape index (κ2) is 8.02. The number of nitro groups is 1. The van der Waals surface area contributed by atoms with Gasteiger partial charge in [-0.2, -0.15) is 0 Å². The maximum Gasteiger partial charge on any atom is 0.433 e. The number of rotatable bonds is 6. The zero-order valence-corrected chi connectivity index (χ0v) is 16.4. The van der Waals surface area contributed by atoms with E-state index in [9.17, 15) is 14.9 Å². The molecule has 0 unspecified atom stereocenters. The number of ether oxygens (including phenoxy) is 1. The Morgan fingerprint density at radius 1 is 1.38 bits per heavy atom. The van der Waals surface area contributed by atoms with Gasteiger partial charge in [-0.1, -0.05) is 6.07 Å². The van der Waals surface area contributed by atoms with Gasteiger partial charge in [-0.3, -0.25) is 25.1 Å². The van der Waals surface area contributed by atoms with E-state index in [-0.39, 0.29) is 5.76 Å². The summed E-state index contributed by atoms with van der Waals surface area (Å²) in [6, 6.07) is 8.56. The number of benzene rings is 1. The Morgan fingerprint density at radius 3 is 3.00 bits per heavy atom. The minimum atomic E-state index is -0.689. The van der Waals surface area contributed by atoms with E-state index in [4.69, 9.17) is 9.15 Å². The highest BCUT2D eigenvalue weighted by Crippen LogP contribution is 2.26. The van der Waals surface area contributed by atoms with Crippen molar-refractivity contribution in [3.63, 3.8) is 0 Å². The number of amides is 1. The molecule has 0 spiro atoms. The molecule has 1 N–H and O–H groups in total. The Labute approximate surface area is 170 Å². The van der Waals surface area contributed by atoms with Crippen LogP contribution in [0.2, 0.25) is 0 Å². The summed E-state index contributed by atoms with van der Waals surface area (Å²) in [7, 11) is 1.67. The number of furan rings is 1. The zero-order chi connectivity index (χ0) is 20.4. The molecule has 1 amide bonds. The lowest BCUT2D eigenvalue weighted by atomic mass is 9.99. The van der Waals surface area contributed by atoms with Gasteiger partial charge in [0, 0.05) is 25.0 Å². The normalized spacial score (nSPS) is 13.7. The van der Waals surface area contributed by atoms with E-state index in [1.165, 1.54) is 28.5 Å². The van der Waals surface area contributed by atoms with Crippen LogP contribution < -0.4 is 10.1 Å². The third kappa shape index (κ3) is 4.28. The summed E-state index contributed by atoms with van der Waals surface area (Å²) in [4.78, 5) is 28.9. The van der Waals surface area contributed by atoms with E-state index in [0.29, 0.717) is 11.7 Å². The fraction of sp³-hybridized carbons (Fsp3) is 0.263. The number of fused-ring (bicyclic) bond motifs is 1. The van der Waals surface area contributed by atoms with Crippen LogP contribution in [-0.4, -0.2) is 34.4 Å². The van der Waals surface area contributed by atoms with E-state index in [2.05, 4.69) is 27.3 Å². The van der Waals surface area contributed by atoms with E-state index in [1.54, 1.807) is 7.11 Å². The number of methoxy groups -OCH3 is 1. The quantitative estimate of drug-likeness (QED) is 0.486. The van der Waals surface area contributed by atoms with Crippen molar-refractivity contribution < 1.29 is 18.9 Å². The minimum Gasteiger partial charge on any atom is -0.497 e. The molecule has 0 bridgehead atoms. The van der Waals surface area contributed by atoms with Gasteiger partial charge < -0.3 is 9.15 Å². The predicted molar refractivity (Wildman–Crippen MR) is 106 cm³/mol. The van der Waals surface area contributed by atoms with Gasteiger partial charge in [-0.05, 0) is 35.7 Å². The number of nitrogens with zero attached hydrogens (tertiary/aromatic N) is 3. The molecule has 150 valence electrons. The second-order valence-corrected chi connectivity index (χ2v) is 7.45. The first-order valence-electron chi connectivity index (χ1n) is 8.90. The van der Waals surface area contributed by atoms with E-state index >= 15 is 0 Å². The van der Waals surface area contributed by atoms with Crippen LogP contribution in [0.25, 0.3) is 0 Å². The van der Waals surface area contributed by atoms with Crippen LogP contribution in [0.15, 0.2) is 40.1 Å². The first-order valence-corrected chi connectivity index (χ1v) is 9.78. The molecule has 2 aromatic heterocycles. The van der Waals surface area contributed by atoms with Crippen LogP contribution >= 0.6 is 11.3 Å². The number of thiazole rings is 1. The Morgan fingerprint density at radius 2 is 2.24 bits per heavy atom. The molecule has 9 nitrogen and oxygen atoms in total. The molecular weight excluding hydrogens is 396 g/mol. The van der Waals surface area contributed by atoms with Gasteiger partial charge in [0.25, 0.3) is 5.91 Å². The monoisotopic (exact) mass is 414 g/mol. The smallest absolute Gasteiger partial charge is 0.433 e. The number of anilines is 1. The van der Waals surface area contributed by atoms with Gasteiger partial charge in [0.2, 0.25) is 0 Å². The van der Waals surface area contributed by atoms with Gasteiger partial charge in [-0.25, -0.2) is 4.98 Å². The first kappa shape index (κ1) is 19.1. The molecule has 0 atom stereocenters. The molecular formula is C19H18N4O5S. The molecule has 1 aliphatic rings. The molecule has 0 radical (unpaired) electrons. The molecule has 10 heteroatoms. The molecule has 0 aliphatic carbocycles. The molecule has 29 heavy (non-hydrogen) atoms. The topological polar surface area (TPSA) is 111 Å². The van der Waals surface area contributed by atoms with Gasteiger partial charge in [0.05, 0.1) is 18.9 Å². The zero-order valence-electron chi connectivity index (χ0n) is 15.6. The van der Waals surface area contributed by atoms with Gasteiger partial charge in [-0.15, -0.1) is 11.3 Å². The first-order chi connectivity index (χ1) is 14.0. The third-order valence-corrected chi connectivity index (χ3v) is 5.46. The van der Waals surface area contributed by atoms with Crippen molar-refractivity contribution in [3.8, 4) is 5.75 Å². The standard InChI is InChI=1S/C19H18N4O5S/c1-27-15-3-2-13-9-22(7-6-12(13)8-15)10-14-11-29-19(20-14)21-18(24)16-4-5-17(28-16)23(25)26/h2-5,8,11H,6-7,9-10H2,1H3,(H,20,21,24). The molecule has 1 aromatic carbocycles. The predicted octanol–water partition coefficient (Wildman–Crippen LogP) is 3.46. The number of carbonyl (C=O) groups is 1. The van der Waals surface area contributed by atoms with Crippen LogP contribution in [0.5, 0.6) is 5.75 Å². The van der Waals surface area contributed by atoms with Crippen LogP contribution in [0, 0.1) is 10.1 Å². The van der Waals surface area contributed by atoms with Crippen molar-refractivity contribution >= 4 is 28.3 Å². The average molecular weight is 414 g/mol. The third-order valence-electron chi connectivity index (χ3n) is 4.66. The summed E-state index contributed by atoms with van der Waals surface area (Å²) in [5, 5.41) is 15.6. The molecule has 3 heterocycles. The highest BCUT2D eigenvalue weighted by molar-refractivity contribution is 7.13.